The summed E-state index contributed by atoms with van der Waals surface area (Å²) in [5, 5.41) is 2.59. The van der Waals surface area contributed by atoms with Gasteiger partial charge in [-0.05, 0) is 36.8 Å². The number of rotatable bonds is 8. The molecule has 1 N–H and O–H groups in total. The molecule has 0 aliphatic heterocycles. The van der Waals surface area contributed by atoms with Gasteiger partial charge < -0.3 is 10.1 Å². The summed E-state index contributed by atoms with van der Waals surface area (Å²) in [6.45, 7) is 5.18. The number of esters is 1. The molecule has 0 saturated heterocycles. The zero-order valence-corrected chi connectivity index (χ0v) is 17.9. The number of benzene rings is 1. The third kappa shape index (κ3) is 5.53. The molecule has 8 nitrogen and oxygen atoms in total. The van der Waals surface area contributed by atoms with Crippen LogP contribution in [0.3, 0.4) is 0 Å². The van der Waals surface area contributed by atoms with Gasteiger partial charge in [-0.1, -0.05) is 31.5 Å². The number of anilines is 1. The van der Waals surface area contributed by atoms with Crippen molar-refractivity contribution < 1.29 is 22.7 Å². The van der Waals surface area contributed by atoms with Crippen molar-refractivity contribution in [1.82, 2.24) is 9.29 Å². The summed E-state index contributed by atoms with van der Waals surface area (Å²) in [4.78, 5) is 28.1. The van der Waals surface area contributed by atoms with Crippen LogP contribution in [-0.2, 0) is 19.6 Å². The standard InChI is InChI=1S/C19H22ClN3O5S/c1-4-23(5-2)29(26,27)16-11-14(9-8-13(16)3)19(25)28-12-17(24)22-15-7-6-10-21-18(15)20/h6-11H,4-5,12H2,1-3H3,(H,22,24). The van der Waals surface area contributed by atoms with Gasteiger partial charge in [0.1, 0.15) is 0 Å². The Hall–Kier alpha value is -2.49. The van der Waals surface area contributed by atoms with E-state index in [0.717, 1.165) is 0 Å². The second-order valence-electron chi connectivity index (χ2n) is 6.04. The van der Waals surface area contributed by atoms with E-state index in [9.17, 15) is 18.0 Å². The van der Waals surface area contributed by atoms with E-state index in [1.165, 1.54) is 28.7 Å². The zero-order valence-electron chi connectivity index (χ0n) is 16.3. The third-order valence-electron chi connectivity index (χ3n) is 4.11. The molecule has 10 heteroatoms. The number of sulfonamides is 1. The summed E-state index contributed by atoms with van der Waals surface area (Å²) < 4.78 is 31.9. The number of halogens is 1. The lowest BCUT2D eigenvalue weighted by molar-refractivity contribution is -0.119. The molecule has 0 aliphatic rings. The molecule has 0 unspecified atom stereocenters. The van der Waals surface area contributed by atoms with Gasteiger partial charge in [-0.25, -0.2) is 18.2 Å². The Morgan fingerprint density at radius 1 is 1.21 bits per heavy atom. The van der Waals surface area contributed by atoms with Gasteiger partial charge in [-0.3, -0.25) is 4.79 Å². The second kappa shape index (κ2) is 9.82. The highest BCUT2D eigenvalue weighted by atomic mass is 35.5. The number of carbonyl (C=O) groups excluding carboxylic acids is 2. The largest absolute Gasteiger partial charge is 0.452 e. The average molecular weight is 440 g/mol. The maximum atomic E-state index is 12.8. The minimum atomic E-state index is -3.74. The van der Waals surface area contributed by atoms with E-state index in [4.69, 9.17) is 16.3 Å². The molecule has 1 amide bonds. The van der Waals surface area contributed by atoms with Gasteiger partial charge >= 0.3 is 5.97 Å². The molecule has 0 aliphatic carbocycles. The first-order chi connectivity index (χ1) is 13.7. The quantitative estimate of drug-likeness (QED) is 0.500. The topological polar surface area (TPSA) is 106 Å². The van der Waals surface area contributed by atoms with E-state index in [-0.39, 0.29) is 21.3 Å². The van der Waals surface area contributed by atoms with Crippen LogP contribution in [0, 0.1) is 6.92 Å². The highest BCUT2D eigenvalue weighted by Crippen LogP contribution is 2.22. The van der Waals surface area contributed by atoms with E-state index in [0.29, 0.717) is 18.7 Å². The van der Waals surface area contributed by atoms with Crippen LogP contribution in [0.2, 0.25) is 5.15 Å². The van der Waals surface area contributed by atoms with Gasteiger partial charge in [-0.2, -0.15) is 4.31 Å². The lowest BCUT2D eigenvalue weighted by atomic mass is 10.1. The highest BCUT2D eigenvalue weighted by Gasteiger charge is 2.25. The summed E-state index contributed by atoms with van der Waals surface area (Å²) in [7, 11) is -3.74. The van der Waals surface area contributed by atoms with Crippen molar-refractivity contribution in [3.05, 3.63) is 52.8 Å². The van der Waals surface area contributed by atoms with Crippen LogP contribution in [0.5, 0.6) is 0 Å². The zero-order chi connectivity index (χ0) is 21.6. The van der Waals surface area contributed by atoms with E-state index < -0.39 is 28.5 Å². The van der Waals surface area contributed by atoms with Gasteiger partial charge in [0.05, 0.1) is 16.1 Å². The van der Waals surface area contributed by atoms with Crippen molar-refractivity contribution in [1.29, 1.82) is 0 Å². The lowest BCUT2D eigenvalue weighted by Gasteiger charge is -2.20. The van der Waals surface area contributed by atoms with Crippen molar-refractivity contribution in [3.63, 3.8) is 0 Å². The van der Waals surface area contributed by atoms with Crippen LogP contribution in [0.25, 0.3) is 0 Å². The number of amides is 1. The first kappa shape index (κ1) is 22.8. The molecule has 29 heavy (non-hydrogen) atoms. The molecule has 2 aromatic rings. The normalized spacial score (nSPS) is 11.3. The average Bonchev–Trinajstić information content (AvgIpc) is 2.69. The summed E-state index contributed by atoms with van der Waals surface area (Å²) in [6.07, 6.45) is 1.47. The first-order valence-electron chi connectivity index (χ1n) is 8.89. The molecular weight excluding hydrogens is 418 g/mol. The molecule has 0 saturated carbocycles. The van der Waals surface area contributed by atoms with Crippen molar-refractivity contribution >= 4 is 39.2 Å². The monoisotopic (exact) mass is 439 g/mol. The minimum absolute atomic E-state index is 0.0299. The number of aryl methyl sites for hydroxylation is 1. The number of ether oxygens (including phenoxy) is 1. The van der Waals surface area contributed by atoms with Crippen LogP contribution in [-0.4, -0.2) is 49.3 Å². The van der Waals surface area contributed by atoms with Crippen LogP contribution in [0.15, 0.2) is 41.4 Å². The first-order valence-corrected chi connectivity index (χ1v) is 10.7. The number of nitrogens with one attached hydrogen (secondary N) is 1. The van der Waals surface area contributed by atoms with E-state index in [1.54, 1.807) is 32.9 Å². The molecular formula is C19H22ClN3O5S. The summed E-state index contributed by atoms with van der Waals surface area (Å²) >= 11 is 5.86. The summed E-state index contributed by atoms with van der Waals surface area (Å²) in [6, 6.07) is 7.40. The molecule has 0 fully saturated rings. The van der Waals surface area contributed by atoms with Gasteiger partial charge in [0, 0.05) is 19.3 Å². The fourth-order valence-electron chi connectivity index (χ4n) is 2.59. The molecule has 0 spiro atoms. The maximum Gasteiger partial charge on any atom is 0.338 e. The summed E-state index contributed by atoms with van der Waals surface area (Å²) in [5.41, 5.74) is 0.837. The van der Waals surface area contributed by atoms with Crippen LogP contribution in [0.4, 0.5) is 5.69 Å². The van der Waals surface area contributed by atoms with E-state index in [2.05, 4.69) is 10.3 Å². The number of aromatic nitrogens is 1. The molecule has 2 rings (SSSR count). The molecule has 0 bridgehead atoms. The number of hydrogen-bond donors (Lipinski definition) is 1. The number of nitrogens with zero attached hydrogens (tertiary/aromatic N) is 2. The highest BCUT2D eigenvalue weighted by molar-refractivity contribution is 7.89. The molecule has 1 aromatic heterocycles. The predicted octanol–water partition coefficient (Wildman–Crippen LogP) is 2.87. The Kier molecular flexibility index (Phi) is 7.72. The Bertz CT molecular complexity index is 1010. The van der Waals surface area contributed by atoms with Gasteiger partial charge in [0.25, 0.3) is 5.91 Å². The smallest absolute Gasteiger partial charge is 0.338 e. The van der Waals surface area contributed by atoms with E-state index in [1.807, 2.05) is 0 Å². The third-order valence-corrected chi connectivity index (χ3v) is 6.61. The van der Waals surface area contributed by atoms with Gasteiger partial charge in [0.15, 0.2) is 11.8 Å². The van der Waals surface area contributed by atoms with Crippen molar-refractivity contribution in [2.24, 2.45) is 0 Å². The number of carbonyl (C=O) groups is 2. The van der Waals surface area contributed by atoms with Crippen molar-refractivity contribution in [2.75, 3.05) is 25.0 Å². The Balaban J connectivity index is 2.12. The fourth-order valence-corrected chi connectivity index (χ4v) is 4.46. The number of pyridine rings is 1. The minimum Gasteiger partial charge on any atom is -0.452 e. The predicted molar refractivity (Wildman–Crippen MR) is 109 cm³/mol. The van der Waals surface area contributed by atoms with Crippen LogP contribution >= 0.6 is 11.6 Å². The summed E-state index contributed by atoms with van der Waals surface area (Å²) in [5.74, 6) is -1.41. The van der Waals surface area contributed by atoms with Crippen molar-refractivity contribution in [3.8, 4) is 0 Å². The number of hydrogen-bond acceptors (Lipinski definition) is 6. The lowest BCUT2D eigenvalue weighted by Crippen LogP contribution is -2.31. The Labute approximate surface area is 174 Å². The maximum absolute atomic E-state index is 12.8. The Morgan fingerprint density at radius 3 is 2.52 bits per heavy atom. The van der Waals surface area contributed by atoms with E-state index >= 15 is 0 Å². The molecule has 0 radical (unpaired) electrons. The fraction of sp³-hybridized carbons (Fsp3) is 0.316. The van der Waals surface area contributed by atoms with Crippen LogP contribution < -0.4 is 5.32 Å². The molecule has 0 atom stereocenters. The van der Waals surface area contributed by atoms with Crippen molar-refractivity contribution in [2.45, 2.75) is 25.7 Å². The SMILES string of the molecule is CCN(CC)S(=O)(=O)c1cc(C(=O)OCC(=O)Nc2cccnc2Cl)ccc1C. The molecule has 1 aromatic carbocycles. The second-order valence-corrected chi connectivity index (χ2v) is 8.30. The van der Waals surface area contributed by atoms with Gasteiger partial charge in [-0.15, -0.1) is 0 Å². The molecule has 156 valence electrons. The molecule has 1 heterocycles. The van der Waals surface area contributed by atoms with Crippen LogP contribution in [0.1, 0.15) is 29.8 Å². The Morgan fingerprint density at radius 2 is 1.90 bits per heavy atom. The van der Waals surface area contributed by atoms with Gasteiger partial charge in [0.2, 0.25) is 10.0 Å².